The van der Waals surface area contributed by atoms with Crippen LogP contribution in [0.5, 0.6) is 0 Å². The maximum Gasteiger partial charge on any atom is 0.329 e. The van der Waals surface area contributed by atoms with Crippen molar-refractivity contribution >= 4 is 17.1 Å². The Bertz CT molecular complexity index is 837. The van der Waals surface area contributed by atoms with Crippen LogP contribution >= 0.6 is 0 Å². The van der Waals surface area contributed by atoms with Gasteiger partial charge in [0.25, 0.3) is 5.56 Å². The Hall–Kier alpha value is -2.43. The van der Waals surface area contributed by atoms with Crippen LogP contribution < -0.4 is 16.6 Å². The predicted octanol–water partition coefficient (Wildman–Crippen LogP) is -1.35. The minimum absolute atomic E-state index is 0.0182. The number of ether oxygens (including phenoxy) is 1. The van der Waals surface area contributed by atoms with Crippen molar-refractivity contribution in [1.29, 1.82) is 0 Å². The van der Waals surface area contributed by atoms with Crippen molar-refractivity contribution in [2.75, 3.05) is 18.5 Å². The number of aliphatic hydroxyl groups excluding tert-OH is 2. The van der Waals surface area contributed by atoms with E-state index in [4.69, 9.17) is 9.84 Å². The summed E-state index contributed by atoms with van der Waals surface area (Å²) in [7, 11) is 0. The van der Waals surface area contributed by atoms with Gasteiger partial charge in [-0.25, -0.2) is 9.36 Å². The highest BCUT2D eigenvalue weighted by Gasteiger charge is 2.36. The number of hydrogen-bond acceptors (Lipinski definition) is 7. The first-order valence-electron chi connectivity index (χ1n) is 7.08. The lowest BCUT2D eigenvalue weighted by Crippen LogP contribution is -2.25. The molecule has 0 spiro atoms. The van der Waals surface area contributed by atoms with Gasteiger partial charge < -0.3 is 20.3 Å². The highest BCUT2D eigenvalue weighted by Crippen LogP contribution is 2.29. The minimum atomic E-state index is -0.901. The summed E-state index contributed by atoms with van der Waals surface area (Å²) in [6.07, 6.45) is -0.789. The molecule has 2 aromatic rings. The van der Waals surface area contributed by atoms with E-state index >= 15 is 0 Å². The zero-order valence-corrected chi connectivity index (χ0v) is 12.2. The van der Waals surface area contributed by atoms with Gasteiger partial charge in [0.05, 0.1) is 12.7 Å². The fourth-order valence-electron chi connectivity index (χ4n) is 2.57. The number of aromatic amines is 2. The van der Waals surface area contributed by atoms with Crippen molar-refractivity contribution in [3.8, 4) is 0 Å². The third-order valence-electron chi connectivity index (χ3n) is 3.67. The Morgan fingerprint density at radius 2 is 2.26 bits per heavy atom. The maximum atomic E-state index is 12.2. The average molecular weight is 323 g/mol. The Kier molecular flexibility index (Phi) is 4.03. The molecule has 0 aromatic carbocycles. The lowest BCUT2D eigenvalue weighted by Gasteiger charge is -2.13. The fraction of sp³-hybridized carbons (Fsp3) is 0.462. The van der Waals surface area contributed by atoms with E-state index < -0.39 is 29.7 Å². The molecule has 5 N–H and O–H groups in total. The number of H-pyrrole nitrogens is 2. The van der Waals surface area contributed by atoms with E-state index in [1.54, 1.807) is 6.08 Å². The standard InChI is InChI=1S/C13H17N5O5/c1-2-3-14-12-16-10-9(11(21)17-12)15-13(22)18(10)8-4-6(20)7(5-19)23-8/h2,6-8,19-20H,1,3-5H2,(H,15,22)(H2,14,16,17,21)/t6-,7+,8+/m0/s1. The summed E-state index contributed by atoms with van der Waals surface area (Å²) in [5, 5.41) is 21.8. The molecule has 124 valence electrons. The van der Waals surface area contributed by atoms with Crippen LogP contribution in [0.1, 0.15) is 12.6 Å². The van der Waals surface area contributed by atoms with Crippen LogP contribution in [-0.4, -0.2) is 55.1 Å². The number of nitrogens with one attached hydrogen (secondary N) is 3. The van der Waals surface area contributed by atoms with Gasteiger partial charge in [0, 0.05) is 13.0 Å². The number of rotatable bonds is 5. The van der Waals surface area contributed by atoms with Crippen LogP contribution in [0, 0.1) is 0 Å². The van der Waals surface area contributed by atoms with Gasteiger partial charge in [-0.2, -0.15) is 4.98 Å². The Labute approximate surface area is 129 Å². The number of aromatic nitrogens is 4. The molecule has 0 amide bonds. The Morgan fingerprint density at radius 3 is 2.91 bits per heavy atom. The molecule has 3 atom stereocenters. The molecule has 0 radical (unpaired) electrons. The molecular formula is C13H17N5O5. The normalized spacial score (nSPS) is 24.2. The molecule has 3 heterocycles. The van der Waals surface area contributed by atoms with Gasteiger partial charge in [-0.1, -0.05) is 6.08 Å². The zero-order chi connectivity index (χ0) is 16.6. The van der Waals surface area contributed by atoms with E-state index in [1.807, 2.05) is 0 Å². The molecule has 0 bridgehead atoms. The summed E-state index contributed by atoms with van der Waals surface area (Å²) in [5.41, 5.74) is -0.949. The van der Waals surface area contributed by atoms with E-state index in [2.05, 4.69) is 26.8 Å². The summed E-state index contributed by atoms with van der Waals surface area (Å²) < 4.78 is 6.64. The highest BCUT2D eigenvalue weighted by atomic mass is 16.5. The summed E-state index contributed by atoms with van der Waals surface area (Å²) in [6, 6.07) is 0. The fourth-order valence-corrected chi connectivity index (χ4v) is 2.57. The highest BCUT2D eigenvalue weighted by molar-refractivity contribution is 5.70. The smallest absolute Gasteiger partial charge is 0.329 e. The number of nitrogens with zero attached hydrogens (tertiary/aromatic N) is 2. The monoisotopic (exact) mass is 323 g/mol. The first-order chi connectivity index (χ1) is 11.0. The Balaban J connectivity index is 2.08. The second-order valence-electron chi connectivity index (χ2n) is 5.20. The van der Waals surface area contributed by atoms with Gasteiger partial charge in [-0.15, -0.1) is 6.58 Å². The molecular weight excluding hydrogens is 306 g/mol. The number of aliphatic hydroxyl groups is 2. The van der Waals surface area contributed by atoms with Crippen molar-refractivity contribution in [2.24, 2.45) is 0 Å². The van der Waals surface area contributed by atoms with Gasteiger partial charge in [0.2, 0.25) is 5.95 Å². The van der Waals surface area contributed by atoms with Crippen LogP contribution in [0.4, 0.5) is 5.95 Å². The molecule has 10 nitrogen and oxygen atoms in total. The van der Waals surface area contributed by atoms with Crippen LogP contribution in [0.15, 0.2) is 22.2 Å². The largest absolute Gasteiger partial charge is 0.394 e. The molecule has 0 aliphatic carbocycles. The Morgan fingerprint density at radius 1 is 1.48 bits per heavy atom. The molecule has 1 aliphatic heterocycles. The van der Waals surface area contributed by atoms with Gasteiger partial charge >= 0.3 is 5.69 Å². The van der Waals surface area contributed by atoms with Crippen molar-refractivity contribution in [3.63, 3.8) is 0 Å². The number of hydrogen-bond donors (Lipinski definition) is 5. The lowest BCUT2D eigenvalue weighted by molar-refractivity contribution is -0.0441. The predicted molar refractivity (Wildman–Crippen MR) is 81.3 cm³/mol. The first kappa shape index (κ1) is 15.5. The lowest BCUT2D eigenvalue weighted by atomic mass is 10.2. The molecule has 3 rings (SSSR count). The van der Waals surface area contributed by atoms with Crippen LogP contribution in [-0.2, 0) is 4.74 Å². The summed E-state index contributed by atoms with van der Waals surface area (Å²) in [6.45, 7) is 3.57. The molecule has 23 heavy (non-hydrogen) atoms. The third kappa shape index (κ3) is 2.67. The molecule has 1 saturated heterocycles. The van der Waals surface area contributed by atoms with E-state index in [0.717, 1.165) is 0 Å². The third-order valence-corrected chi connectivity index (χ3v) is 3.67. The molecule has 1 aliphatic rings. The van der Waals surface area contributed by atoms with Crippen LogP contribution in [0.3, 0.4) is 0 Å². The molecule has 1 fully saturated rings. The van der Waals surface area contributed by atoms with Crippen LogP contribution in [0.2, 0.25) is 0 Å². The SMILES string of the molecule is C=CCNc1nc2c([nH]c(=O)n2[C@H]2C[C@H](O)[C@@H](CO)O2)c(=O)[nH]1. The number of anilines is 1. The van der Waals surface area contributed by atoms with Crippen molar-refractivity contribution in [2.45, 2.75) is 24.9 Å². The average Bonchev–Trinajstić information content (AvgIpc) is 3.04. The molecule has 0 saturated carbocycles. The molecule has 0 unspecified atom stereocenters. The molecule has 2 aromatic heterocycles. The second kappa shape index (κ2) is 5.99. The van der Waals surface area contributed by atoms with Gasteiger partial charge in [0.15, 0.2) is 11.2 Å². The van der Waals surface area contributed by atoms with Gasteiger partial charge in [0.1, 0.15) is 12.3 Å². The molecule has 10 heteroatoms. The number of fused-ring (bicyclic) bond motifs is 1. The number of imidazole rings is 1. The summed E-state index contributed by atoms with van der Waals surface area (Å²) >= 11 is 0. The van der Waals surface area contributed by atoms with E-state index in [-0.39, 0.29) is 30.1 Å². The minimum Gasteiger partial charge on any atom is -0.394 e. The quantitative estimate of drug-likeness (QED) is 0.428. The van der Waals surface area contributed by atoms with Crippen molar-refractivity contribution in [3.05, 3.63) is 33.5 Å². The van der Waals surface area contributed by atoms with Crippen molar-refractivity contribution < 1.29 is 14.9 Å². The van der Waals surface area contributed by atoms with E-state index in [0.29, 0.717) is 6.54 Å². The van der Waals surface area contributed by atoms with Crippen molar-refractivity contribution in [1.82, 2.24) is 19.5 Å². The topological polar surface area (TPSA) is 145 Å². The van der Waals surface area contributed by atoms with E-state index in [1.165, 1.54) is 4.57 Å². The van der Waals surface area contributed by atoms with Gasteiger partial charge in [-0.3, -0.25) is 14.8 Å². The van der Waals surface area contributed by atoms with Crippen LogP contribution in [0.25, 0.3) is 11.2 Å². The first-order valence-corrected chi connectivity index (χ1v) is 7.08. The van der Waals surface area contributed by atoms with Gasteiger partial charge in [-0.05, 0) is 0 Å². The second-order valence-corrected chi connectivity index (χ2v) is 5.20. The maximum absolute atomic E-state index is 12.2. The van der Waals surface area contributed by atoms with E-state index in [9.17, 15) is 14.7 Å². The summed E-state index contributed by atoms with van der Waals surface area (Å²) in [5.74, 6) is 0.187. The zero-order valence-electron chi connectivity index (χ0n) is 12.2. The summed E-state index contributed by atoms with van der Waals surface area (Å²) in [4.78, 5) is 33.4.